The third kappa shape index (κ3) is 5.05. The van der Waals surface area contributed by atoms with Crippen LogP contribution >= 0.6 is 11.8 Å². The molecule has 2 N–H and O–H groups in total. The van der Waals surface area contributed by atoms with E-state index in [-0.39, 0.29) is 28.5 Å². The molecule has 0 aliphatic heterocycles. The number of aryl methyl sites for hydroxylation is 2. The normalized spacial score (nSPS) is 11.8. The van der Waals surface area contributed by atoms with Gasteiger partial charge in [0, 0.05) is 5.69 Å². The van der Waals surface area contributed by atoms with Crippen molar-refractivity contribution in [1.82, 2.24) is 15.3 Å². The number of nitrogens with zero attached hydrogens (tertiary/aromatic N) is 1. The van der Waals surface area contributed by atoms with E-state index >= 15 is 0 Å². The minimum absolute atomic E-state index is 0.0788. The molecular weight excluding hydrogens is 350 g/mol. The summed E-state index contributed by atoms with van der Waals surface area (Å²) >= 11 is 1.10. The van der Waals surface area contributed by atoms with Crippen LogP contribution < -0.4 is 11.0 Å². The van der Waals surface area contributed by atoms with Crippen molar-refractivity contribution in [2.24, 2.45) is 0 Å². The molecule has 26 heavy (non-hydrogen) atoms. The molecule has 0 radical (unpaired) electrons. The molecule has 138 valence electrons. The Morgan fingerprint density at radius 3 is 2.46 bits per heavy atom. The predicted octanol–water partition coefficient (Wildman–Crippen LogP) is 2.95. The number of benzene rings is 1. The molecule has 2 rings (SSSR count). The second kappa shape index (κ2) is 8.80. The van der Waals surface area contributed by atoms with Crippen molar-refractivity contribution in [2.45, 2.75) is 45.2 Å². The lowest BCUT2D eigenvalue weighted by Gasteiger charge is -2.17. The molecule has 7 heteroatoms. The van der Waals surface area contributed by atoms with Gasteiger partial charge in [-0.25, -0.2) is 4.79 Å². The summed E-state index contributed by atoms with van der Waals surface area (Å²) in [6.45, 7) is 7.09. The zero-order valence-electron chi connectivity index (χ0n) is 15.4. The fourth-order valence-corrected chi connectivity index (χ4v) is 3.61. The van der Waals surface area contributed by atoms with Crippen molar-refractivity contribution in [1.29, 1.82) is 0 Å². The molecule has 1 amide bonds. The number of carbonyl (C=O) groups excluding carboxylic acids is 2. The van der Waals surface area contributed by atoms with E-state index < -0.39 is 5.69 Å². The van der Waals surface area contributed by atoms with E-state index in [1.807, 2.05) is 38.1 Å². The van der Waals surface area contributed by atoms with Crippen LogP contribution in [0, 0.1) is 13.8 Å². The van der Waals surface area contributed by atoms with Gasteiger partial charge in [-0.05, 0) is 32.8 Å². The number of carbonyl (C=O) groups is 2. The monoisotopic (exact) mass is 373 g/mol. The van der Waals surface area contributed by atoms with Crippen LogP contribution in [0.25, 0.3) is 0 Å². The van der Waals surface area contributed by atoms with E-state index in [1.165, 1.54) is 6.92 Å². The summed E-state index contributed by atoms with van der Waals surface area (Å²) in [5.41, 5.74) is 2.50. The van der Waals surface area contributed by atoms with Gasteiger partial charge < -0.3 is 10.3 Å². The molecule has 1 aromatic carbocycles. The van der Waals surface area contributed by atoms with Crippen LogP contribution in [0.5, 0.6) is 0 Å². The first-order valence-corrected chi connectivity index (χ1v) is 9.41. The van der Waals surface area contributed by atoms with Gasteiger partial charge in [-0.1, -0.05) is 48.5 Å². The highest BCUT2D eigenvalue weighted by atomic mass is 32.2. The van der Waals surface area contributed by atoms with Crippen molar-refractivity contribution in [3.63, 3.8) is 0 Å². The first-order valence-electron chi connectivity index (χ1n) is 8.42. The molecule has 1 atom stereocenters. The van der Waals surface area contributed by atoms with Crippen LogP contribution in [0.15, 0.2) is 34.1 Å². The van der Waals surface area contributed by atoms with Crippen molar-refractivity contribution >= 4 is 23.5 Å². The van der Waals surface area contributed by atoms with E-state index in [1.54, 1.807) is 6.92 Å². The van der Waals surface area contributed by atoms with Crippen molar-refractivity contribution in [3.05, 3.63) is 57.1 Å². The molecule has 0 spiro atoms. The molecule has 0 aliphatic carbocycles. The van der Waals surface area contributed by atoms with E-state index in [4.69, 9.17) is 0 Å². The number of rotatable bonds is 7. The van der Waals surface area contributed by atoms with Gasteiger partial charge in [-0.15, -0.1) is 0 Å². The number of aromatic amines is 1. The summed E-state index contributed by atoms with van der Waals surface area (Å²) < 4.78 is 0. The molecule has 1 heterocycles. The van der Waals surface area contributed by atoms with Gasteiger partial charge in [0.1, 0.15) is 5.03 Å². The summed E-state index contributed by atoms with van der Waals surface area (Å²) in [5, 5.41) is 3.28. The minimum atomic E-state index is -0.526. The van der Waals surface area contributed by atoms with Crippen LogP contribution in [0.2, 0.25) is 0 Å². The number of thioether (sulfide) groups is 1. The summed E-state index contributed by atoms with van der Waals surface area (Å²) in [7, 11) is 0. The second-order valence-corrected chi connectivity index (χ2v) is 7.10. The van der Waals surface area contributed by atoms with Crippen LogP contribution in [-0.2, 0) is 4.79 Å². The van der Waals surface area contributed by atoms with E-state index in [0.29, 0.717) is 11.3 Å². The number of H-pyrrole nitrogens is 1. The Kier molecular flexibility index (Phi) is 6.74. The molecule has 0 bridgehead atoms. The van der Waals surface area contributed by atoms with Gasteiger partial charge in [0.15, 0.2) is 5.78 Å². The summed E-state index contributed by atoms with van der Waals surface area (Å²) in [4.78, 5) is 42.1. The summed E-state index contributed by atoms with van der Waals surface area (Å²) in [5.74, 6) is -0.282. The number of nitrogens with one attached hydrogen (secondary N) is 2. The van der Waals surface area contributed by atoms with Gasteiger partial charge in [0.25, 0.3) is 0 Å². The molecule has 1 unspecified atom stereocenters. The molecule has 0 saturated carbocycles. The molecule has 2 aromatic rings. The average molecular weight is 373 g/mol. The van der Waals surface area contributed by atoms with Crippen molar-refractivity contribution < 1.29 is 9.59 Å². The number of hydrogen-bond donors (Lipinski definition) is 2. The van der Waals surface area contributed by atoms with Crippen LogP contribution in [0.3, 0.4) is 0 Å². The number of hydrogen-bond acceptors (Lipinski definition) is 5. The maximum Gasteiger partial charge on any atom is 0.346 e. The molecule has 6 nitrogen and oxygen atoms in total. The third-order valence-corrected chi connectivity index (χ3v) is 4.98. The highest BCUT2D eigenvalue weighted by Gasteiger charge is 2.17. The maximum absolute atomic E-state index is 12.3. The van der Waals surface area contributed by atoms with Crippen LogP contribution in [0.1, 0.15) is 53.5 Å². The Labute approximate surface area is 156 Å². The molecular formula is C19H23N3O3S. The Morgan fingerprint density at radius 1 is 1.23 bits per heavy atom. The number of ketones is 1. The quantitative estimate of drug-likeness (QED) is 0.442. The lowest BCUT2D eigenvalue weighted by molar-refractivity contribution is -0.119. The summed E-state index contributed by atoms with van der Waals surface area (Å²) in [6.07, 6.45) is 0.764. The zero-order chi connectivity index (χ0) is 19.3. The molecule has 0 aliphatic rings. The summed E-state index contributed by atoms with van der Waals surface area (Å²) in [6, 6.07) is 7.96. The molecule has 0 fully saturated rings. The highest BCUT2D eigenvalue weighted by molar-refractivity contribution is 8.00. The largest absolute Gasteiger partial charge is 0.349 e. The van der Waals surface area contributed by atoms with Gasteiger partial charge >= 0.3 is 5.69 Å². The SMILES string of the molecule is CCC(NC(=O)CSc1nc(=O)[nH]c(C)c1C(C)=O)c1ccc(C)cc1. The fourth-order valence-electron chi connectivity index (χ4n) is 2.67. The highest BCUT2D eigenvalue weighted by Crippen LogP contribution is 2.22. The zero-order valence-corrected chi connectivity index (χ0v) is 16.2. The lowest BCUT2D eigenvalue weighted by atomic mass is 10.0. The maximum atomic E-state index is 12.3. The number of aromatic nitrogens is 2. The number of amides is 1. The molecule has 1 aromatic heterocycles. The standard InChI is InChI=1S/C19H23N3O3S/c1-5-15(14-8-6-11(2)7-9-14)21-16(24)10-26-18-17(13(4)23)12(3)20-19(25)22-18/h6-9,15H,5,10H2,1-4H3,(H,21,24)(H,20,22,25). The smallest absolute Gasteiger partial charge is 0.346 e. The second-order valence-electron chi connectivity index (χ2n) is 6.13. The Bertz CT molecular complexity index is 859. The van der Waals surface area contributed by atoms with Gasteiger partial charge in [0.05, 0.1) is 17.4 Å². The third-order valence-electron chi connectivity index (χ3n) is 4.00. The predicted molar refractivity (Wildman–Crippen MR) is 103 cm³/mol. The van der Waals surface area contributed by atoms with Crippen LogP contribution in [-0.4, -0.2) is 27.4 Å². The Hall–Kier alpha value is -2.41. The minimum Gasteiger partial charge on any atom is -0.349 e. The average Bonchev–Trinajstić information content (AvgIpc) is 2.57. The number of Topliss-reactive ketones (excluding diaryl/α,β-unsaturated/α-hetero) is 1. The topological polar surface area (TPSA) is 91.9 Å². The Balaban J connectivity index is 2.08. The first-order chi connectivity index (χ1) is 12.3. The van der Waals surface area contributed by atoms with Crippen molar-refractivity contribution in [3.8, 4) is 0 Å². The van der Waals surface area contributed by atoms with E-state index in [9.17, 15) is 14.4 Å². The van der Waals surface area contributed by atoms with Crippen molar-refractivity contribution in [2.75, 3.05) is 5.75 Å². The Morgan fingerprint density at radius 2 is 1.88 bits per heavy atom. The van der Waals surface area contributed by atoms with Gasteiger partial charge in [0.2, 0.25) is 5.91 Å². The lowest BCUT2D eigenvalue weighted by Crippen LogP contribution is -2.30. The van der Waals surface area contributed by atoms with Crippen LogP contribution in [0.4, 0.5) is 0 Å². The van der Waals surface area contributed by atoms with E-state index in [0.717, 1.165) is 29.3 Å². The van der Waals surface area contributed by atoms with Gasteiger partial charge in [-0.2, -0.15) is 4.98 Å². The van der Waals surface area contributed by atoms with Gasteiger partial charge in [-0.3, -0.25) is 9.59 Å². The fraction of sp³-hybridized carbons (Fsp3) is 0.368. The van der Waals surface area contributed by atoms with E-state index in [2.05, 4.69) is 15.3 Å². The molecule has 0 saturated heterocycles. The first kappa shape index (κ1) is 19.9.